The summed E-state index contributed by atoms with van der Waals surface area (Å²) in [5.41, 5.74) is 8.10. The van der Waals surface area contributed by atoms with E-state index >= 15 is 0 Å². The molecule has 0 spiro atoms. The van der Waals surface area contributed by atoms with Crippen molar-refractivity contribution >= 4 is 11.6 Å². The molecule has 2 rings (SSSR count). The maximum absolute atomic E-state index is 13.3. The van der Waals surface area contributed by atoms with Crippen LogP contribution in [0.25, 0.3) is 0 Å². The van der Waals surface area contributed by atoms with E-state index in [9.17, 15) is 4.39 Å². The molecule has 0 saturated heterocycles. The highest BCUT2D eigenvalue weighted by atomic mass is 19.1. The van der Waals surface area contributed by atoms with Crippen LogP contribution in [0, 0.1) is 12.7 Å². The third kappa shape index (κ3) is 2.88. The average molecular weight is 260 g/mol. The second-order valence-corrected chi connectivity index (χ2v) is 4.21. The van der Waals surface area contributed by atoms with Crippen molar-refractivity contribution in [1.29, 1.82) is 0 Å². The highest BCUT2D eigenvalue weighted by molar-refractivity contribution is 5.57. The molecule has 1 heterocycles. The zero-order valence-corrected chi connectivity index (χ0v) is 11.1. The van der Waals surface area contributed by atoms with Crippen LogP contribution in [0.5, 0.6) is 0 Å². The van der Waals surface area contributed by atoms with Crippen LogP contribution in [-0.2, 0) is 6.54 Å². The minimum absolute atomic E-state index is 0.272. The summed E-state index contributed by atoms with van der Waals surface area (Å²) < 4.78 is 13.3. The first-order valence-corrected chi connectivity index (χ1v) is 6.21. The van der Waals surface area contributed by atoms with Gasteiger partial charge in [-0.1, -0.05) is 6.07 Å². The monoisotopic (exact) mass is 260 g/mol. The molecule has 0 atom stereocenters. The number of aryl methyl sites for hydroxylation is 1. The molecule has 0 bridgehead atoms. The molecule has 1 aromatic heterocycles. The van der Waals surface area contributed by atoms with Gasteiger partial charge in [-0.25, -0.2) is 14.4 Å². The number of anilines is 2. The van der Waals surface area contributed by atoms with Crippen LogP contribution in [0.3, 0.4) is 0 Å². The van der Waals surface area contributed by atoms with E-state index in [1.54, 1.807) is 12.3 Å². The molecule has 0 aliphatic rings. The van der Waals surface area contributed by atoms with E-state index in [-0.39, 0.29) is 5.82 Å². The smallest absolute Gasteiger partial charge is 0.230 e. The first-order chi connectivity index (χ1) is 9.15. The Kier molecular flexibility index (Phi) is 4.06. The normalized spacial score (nSPS) is 10.5. The first kappa shape index (κ1) is 13.4. The van der Waals surface area contributed by atoms with Crippen LogP contribution < -0.4 is 10.6 Å². The third-order valence-corrected chi connectivity index (χ3v) is 2.97. The molecule has 0 aliphatic carbocycles. The van der Waals surface area contributed by atoms with E-state index in [4.69, 9.17) is 5.73 Å². The van der Waals surface area contributed by atoms with Crippen LogP contribution in [-0.4, -0.2) is 16.5 Å². The van der Waals surface area contributed by atoms with Gasteiger partial charge in [-0.15, -0.1) is 0 Å². The zero-order chi connectivity index (χ0) is 13.8. The number of hydrogen-bond donors (Lipinski definition) is 1. The Hall–Kier alpha value is -2.01. The van der Waals surface area contributed by atoms with E-state index in [0.29, 0.717) is 19.0 Å². The van der Waals surface area contributed by atoms with Crippen molar-refractivity contribution in [3.8, 4) is 0 Å². The van der Waals surface area contributed by atoms with Gasteiger partial charge >= 0.3 is 0 Å². The van der Waals surface area contributed by atoms with Crippen molar-refractivity contribution in [1.82, 2.24) is 9.97 Å². The van der Waals surface area contributed by atoms with E-state index in [0.717, 1.165) is 16.9 Å². The number of hydrogen-bond acceptors (Lipinski definition) is 4. The van der Waals surface area contributed by atoms with Crippen molar-refractivity contribution in [3.05, 3.63) is 47.5 Å². The summed E-state index contributed by atoms with van der Waals surface area (Å²) in [7, 11) is 0. The quantitative estimate of drug-likeness (QED) is 0.917. The number of benzene rings is 1. The third-order valence-electron chi connectivity index (χ3n) is 2.97. The summed E-state index contributed by atoms with van der Waals surface area (Å²) in [6, 6.07) is 6.40. The summed E-state index contributed by atoms with van der Waals surface area (Å²) in [5, 5.41) is 0. The number of rotatable bonds is 4. The lowest BCUT2D eigenvalue weighted by Crippen LogP contribution is -2.20. The minimum atomic E-state index is -0.272. The Morgan fingerprint density at radius 2 is 2.16 bits per heavy atom. The largest absolute Gasteiger partial charge is 0.326 e. The Labute approximate surface area is 112 Å². The van der Waals surface area contributed by atoms with E-state index < -0.39 is 0 Å². The Balaban J connectivity index is 2.39. The topological polar surface area (TPSA) is 55.0 Å². The van der Waals surface area contributed by atoms with Gasteiger partial charge in [-0.05, 0) is 32.0 Å². The summed E-state index contributed by atoms with van der Waals surface area (Å²) in [6.45, 7) is 4.94. The van der Waals surface area contributed by atoms with Crippen LogP contribution in [0.1, 0.15) is 18.2 Å². The van der Waals surface area contributed by atoms with Crippen molar-refractivity contribution in [2.24, 2.45) is 5.73 Å². The van der Waals surface area contributed by atoms with Gasteiger partial charge in [0.1, 0.15) is 5.82 Å². The van der Waals surface area contributed by atoms with Crippen LogP contribution in [0.2, 0.25) is 0 Å². The number of nitrogens with zero attached hydrogens (tertiary/aromatic N) is 3. The second-order valence-electron chi connectivity index (χ2n) is 4.21. The average Bonchev–Trinajstić information content (AvgIpc) is 2.40. The predicted molar refractivity (Wildman–Crippen MR) is 73.7 cm³/mol. The van der Waals surface area contributed by atoms with Gasteiger partial charge in [0, 0.05) is 36.2 Å². The van der Waals surface area contributed by atoms with Gasteiger partial charge in [0.05, 0.1) is 0 Å². The summed E-state index contributed by atoms with van der Waals surface area (Å²) in [6.07, 6.45) is 1.72. The maximum Gasteiger partial charge on any atom is 0.230 e. The zero-order valence-electron chi connectivity index (χ0n) is 11.1. The number of nitrogens with two attached hydrogens (primary N) is 1. The Morgan fingerprint density at radius 3 is 2.74 bits per heavy atom. The van der Waals surface area contributed by atoms with Crippen molar-refractivity contribution in [2.75, 3.05) is 11.4 Å². The Morgan fingerprint density at radius 1 is 1.37 bits per heavy atom. The van der Waals surface area contributed by atoms with Gasteiger partial charge in [0.2, 0.25) is 5.95 Å². The standard InChI is InChI=1S/C14H17FN4/c1-3-19(13-6-4-5-12(15)7-13)14-17-9-11(8-16)10(2)18-14/h4-7,9H,3,8,16H2,1-2H3. The maximum atomic E-state index is 13.3. The fourth-order valence-corrected chi connectivity index (χ4v) is 1.89. The molecular weight excluding hydrogens is 243 g/mol. The molecule has 0 radical (unpaired) electrons. The number of aromatic nitrogens is 2. The molecule has 0 aliphatic heterocycles. The molecule has 100 valence electrons. The van der Waals surface area contributed by atoms with E-state index in [2.05, 4.69) is 9.97 Å². The van der Waals surface area contributed by atoms with Gasteiger partial charge in [-0.3, -0.25) is 0 Å². The van der Waals surface area contributed by atoms with Crippen molar-refractivity contribution in [2.45, 2.75) is 20.4 Å². The first-order valence-electron chi connectivity index (χ1n) is 6.21. The highest BCUT2D eigenvalue weighted by Crippen LogP contribution is 2.22. The predicted octanol–water partition coefficient (Wildman–Crippen LogP) is 2.54. The molecule has 0 amide bonds. The molecule has 1 aromatic carbocycles. The Bertz CT molecular complexity index is 571. The van der Waals surface area contributed by atoms with Crippen molar-refractivity contribution in [3.63, 3.8) is 0 Å². The molecule has 4 nitrogen and oxygen atoms in total. The molecule has 0 fully saturated rings. The van der Waals surface area contributed by atoms with Gasteiger partial charge < -0.3 is 10.6 Å². The lowest BCUT2D eigenvalue weighted by Gasteiger charge is -2.21. The SMILES string of the molecule is CCN(c1cccc(F)c1)c1ncc(CN)c(C)n1. The van der Waals surface area contributed by atoms with Gasteiger partial charge in [-0.2, -0.15) is 0 Å². The van der Waals surface area contributed by atoms with Crippen LogP contribution >= 0.6 is 0 Å². The van der Waals surface area contributed by atoms with Gasteiger partial charge in [0.25, 0.3) is 0 Å². The molecule has 2 N–H and O–H groups in total. The summed E-state index contributed by atoms with van der Waals surface area (Å²) >= 11 is 0. The fourth-order valence-electron chi connectivity index (χ4n) is 1.89. The highest BCUT2D eigenvalue weighted by Gasteiger charge is 2.12. The van der Waals surface area contributed by atoms with Gasteiger partial charge in [0.15, 0.2) is 0 Å². The minimum Gasteiger partial charge on any atom is -0.326 e. The van der Waals surface area contributed by atoms with E-state index in [1.807, 2.05) is 24.8 Å². The summed E-state index contributed by atoms with van der Waals surface area (Å²) in [5.74, 6) is 0.286. The lowest BCUT2D eigenvalue weighted by molar-refractivity contribution is 0.627. The van der Waals surface area contributed by atoms with Crippen LogP contribution in [0.15, 0.2) is 30.5 Å². The molecule has 0 unspecified atom stereocenters. The van der Waals surface area contributed by atoms with Crippen molar-refractivity contribution < 1.29 is 4.39 Å². The summed E-state index contributed by atoms with van der Waals surface area (Å²) in [4.78, 5) is 10.6. The molecule has 2 aromatic rings. The van der Waals surface area contributed by atoms with Crippen LogP contribution in [0.4, 0.5) is 16.0 Å². The fraction of sp³-hybridized carbons (Fsp3) is 0.286. The molecule has 19 heavy (non-hydrogen) atoms. The van der Waals surface area contributed by atoms with E-state index in [1.165, 1.54) is 12.1 Å². The number of halogens is 1. The lowest BCUT2D eigenvalue weighted by atomic mass is 10.2. The molecule has 0 saturated carbocycles. The second kappa shape index (κ2) is 5.75. The molecule has 5 heteroatoms. The molecular formula is C14H17FN4.